The number of imide groups is 2. The number of rotatable bonds is 4. The summed E-state index contributed by atoms with van der Waals surface area (Å²) in [5.41, 5.74) is 11.7. The van der Waals surface area contributed by atoms with Crippen LogP contribution in [0.4, 0.5) is 34.5 Å². The first kappa shape index (κ1) is 43.6. The van der Waals surface area contributed by atoms with Crippen molar-refractivity contribution in [1.82, 2.24) is 13.1 Å². The number of anilines is 4. The number of hydrogen-bond acceptors (Lipinski definition) is 19. The fourth-order valence-corrected chi connectivity index (χ4v) is 6.77. The predicted octanol–water partition coefficient (Wildman–Crippen LogP) is 5.76. The molecule has 56 heavy (non-hydrogen) atoms. The van der Waals surface area contributed by atoms with Crippen molar-refractivity contribution in [1.29, 1.82) is 0 Å². The monoisotopic (exact) mass is 825 g/mol. The number of nitro benzene ring substituents is 2. The highest BCUT2D eigenvalue weighted by atomic mass is 32.1. The number of hydrogen-bond donors (Lipinski definition) is 2. The number of amides is 4. The van der Waals surface area contributed by atoms with E-state index >= 15 is 0 Å². The van der Waals surface area contributed by atoms with Crippen molar-refractivity contribution in [3.63, 3.8) is 0 Å². The quantitative estimate of drug-likeness (QED) is 0.0701. The maximum atomic E-state index is 11.5. The first-order valence-corrected chi connectivity index (χ1v) is 17.8. The maximum Gasteiger partial charge on any atom is 0.310 e. The van der Waals surface area contributed by atoms with Gasteiger partial charge in [-0.15, -0.1) is 0 Å². The number of nitrogens with zero attached hydrogens (tertiary/aromatic N) is 7. The molecular formula is C33H31N9O11S3. The van der Waals surface area contributed by atoms with Crippen LogP contribution in [0.3, 0.4) is 0 Å². The number of nitrogen functional groups attached to an aromatic ring is 2. The van der Waals surface area contributed by atoms with E-state index in [1.165, 1.54) is 88.9 Å². The van der Waals surface area contributed by atoms with Crippen molar-refractivity contribution >= 4 is 135 Å². The fraction of sp³-hybridized carbons (Fsp3) is 0.182. The highest BCUT2D eigenvalue weighted by Gasteiger charge is 2.24. The fourth-order valence-electron chi connectivity index (χ4n) is 4.59. The van der Waals surface area contributed by atoms with Gasteiger partial charge in [0, 0.05) is 87.7 Å². The smallest absolute Gasteiger partial charge is 0.310 e. The van der Waals surface area contributed by atoms with Crippen molar-refractivity contribution in [2.45, 2.75) is 41.5 Å². The van der Waals surface area contributed by atoms with Gasteiger partial charge in [0.2, 0.25) is 23.6 Å². The number of nitro groups is 2. The number of non-ortho nitro benzene ring substituents is 2. The third-order valence-corrected chi connectivity index (χ3v) is 9.26. The molecule has 0 saturated carbocycles. The van der Waals surface area contributed by atoms with Crippen molar-refractivity contribution in [3.8, 4) is 0 Å². The van der Waals surface area contributed by atoms with E-state index < -0.39 is 33.6 Å². The highest BCUT2D eigenvalue weighted by Crippen LogP contribution is 2.33. The Morgan fingerprint density at radius 1 is 0.571 bits per heavy atom. The lowest BCUT2D eigenvalue weighted by Gasteiger charge is -2.14. The Labute approximate surface area is 328 Å². The van der Waals surface area contributed by atoms with Gasteiger partial charge in [0.15, 0.2) is 11.6 Å². The van der Waals surface area contributed by atoms with Gasteiger partial charge in [-0.25, -0.2) is 9.80 Å². The van der Waals surface area contributed by atoms with Crippen LogP contribution in [0.1, 0.15) is 41.5 Å². The molecule has 0 radical (unpaired) electrons. The third-order valence-electron chi connectivity index (χ3n) is 6.78. The number of benzene rings is 3. The molecular weight excluding hydrogens is 795 g/mol. The summed E-state index contributed by atoms with van der Waals surface area (Å²) in [7, 11) is 0. The Kier molecular flexibility index (Phi) is 14.7. The zero-order chi connectivity index (χ0) is 42.0. The number of nitrogens with two attached hydrogens (primary N) is 2. The van der Waals surface area contributed by atoms with Gasteiger partial charge in [-0.2, -0.15) is 13.1 Å². The second-order valence-corrected chi connectivity index (χ2v) is 13.5. The molecule has 0 aliphatic rings. The van der Waals surface area contributed by atoms with E-state index in [4.69, 9.17) is 11.5 Å². The molecule has 0 unspecified atom stereocenters. The van der Waals surface area contributed by atoms with Gasteiger partial charge in [-0.05, 0) is 64.9 Å². The Bertz CT molecular complexity index is 2470. The molecule has 3 heterocycles. The van der Waals surface area contributed by atoms with Crippen molar-refractivity contribution in [3.05, 3.63) is 74.8 Å². The minimum absolute atomic E-state index is 0.0411. The van der Waals surface area contributed by atoms with Gasteiger partial charge in [0.25, 0.3) is 11.4 Å². The van der Waals surface area contributed by atoms with Gasteiger partial charge in [0.1, 0.15) is 5.82 Å². The van der Waals surface area contributed by atoms with Crippen molar-refractivity contribution < 1.29 is 43.4 Å². The Morgan fingerprint density at radius 2 is 0.929 bits per heavy atom. The zero-order valence-electron chi connectivity index (χ0n) is 30.2. The molecule has 0 fully saturated rings. The minimum Gasteiger partial charge on any atom is -0.399 e. The van der Waals surface area contributed by atoms with E-state index in [9.17, 15) is 49.0 Å². The lowest BCUT2D eigenvalue weighted by molar-refractivity contribution is -0.384. The Balaban J connectivity index is 0.000000210. The van der Waals surface area contributed by atoms with Gasteiger partial charge in [-0.3, -0.25) is 49.0 Å². The molecule has 4 amide bonds. The normalized spacial score (nSPS) is 10.1. The van der Waals surface area contributed by atoms with E-state index in [1.54, 1.807) is 24.3 Å². The average molecular weight is 826 g/mol. The summed E-state index contributed by atoms with van der Waals surface area (Å²) in [5.74, 6) is -1.94. The molecule has 0 spiro atoms. The number of fused-ring (bicyclic) bond motifs is 3. The maximum absolute atomic E-state index is 11.5. The van der Waals surface area contributed by atoms with E-state index in [1.807, 2.05) is 6.07 Å². The molecule has 3 aromatic heterocycles. The minimum atomic E-state index is -0.562. The van der Waals surface area contributed by atoms with Crippen LogP contribution in [-0.4, -0.2) is 58.5 Å². The molecule has 0 aliphatic heterocycles. The van der Waals surface area contributed by atoms with Crippen molar-refractivity contribution in [2.75, 3.05) is 21.3 Å². The summed E-state index contributed by atoms with van der Waals surface area (Å²) >= 11 is 3.55. The van der Waals surface area contributed by atoms with Gasteiger partial charge in [0.05, 0.1) is 23.9 Å². The molecule has 0 aliphatic carbocycles. The first-order chi connectivity index (χ1) is 26.2. The van der Waals surface area contributed by atoms with Gasteiger partial charge in [-0.1, -0.05) is 0 Å². The Morgan fingerprint density at radius 3 is 1.30 bits per heavy atom. The van der Waals surface area contributed by atoms with Crippen LogP contribution in [0.25, 0.3) is 30.3 Å². The van der Waals surface area contributed by atoms with E-state index in [0.717, 1.165) is 36.1 Å². The topological polar surface area (TPSA) is 295 Å². The summed E-state index contributed by atoms with van der Waals surface area (Å²) < 4.78 is 18.5. The van der Waals surface area contributed by atoms with Crippen LogP contribution >= 0.6 is 34.6 Å². The van der Waals surface area contributed by atoms with Crippen LogP contribution < -0.4 is 21.3 Å². The summed E-state index contributed by atoms with van der Waals surface area (Å²) in [6.07, 6.45) is 0. The average Bonchev–Trinajstić information content (AvgIpc) is 3.81. The molecule has 6 rings (SSSR count). The van der Waals surface area contributed by atoms with Crippen LogP contribution in [0.15, 0.2) is 54.6 Å². The summed E-state index contributed by atoms with van der Waals surface area (Å²) in [4.78, 5) is 87.6. The largest absolute Gasteiger partial charge is 0.399 e. The van der Waals surface area contributed by atoms with Crippen molar-refractivity contribution in [2.24, 2.45) is 0 Å². The Hall–Kier alpha value is -6.85. The lowest BCUT2D eigenvalue weighted by Crippen LogP contribution is -2.33. The SMILES string of the molecule is CC(=O)N(C(C)=O)c1nsc2ccc(N)cc12.CC(=O)N(C(C)=O)c1nsc2ccc([N+](=O)[O-])cc12.CC(=O)OC(C)=O.Nc1nsc2ccc([N+](=O)[O-])cc12. The lowest BCUT2D eigenvalue weighted by atomic mass is 10.2. The van der Waals surface area contributed by atoms with Gasteiger partial charge >= 0.3 is 11.9 Å². The molecule has 4 N–H and O–H groups in total. The van der Waals surface area contributed by atoms with Gasteiger partial charge < -0.3 is 16.2 Å². The standard InChI is InChI=1S/C11H9N3O4S.C11H11N3O2S.C7H5N3O2S.C4H6O3/c1-6(15)13(7(2)16)11-9-5-8(14(17)18)3-4-10(9)19-12-11;1-6(15)14(7(2)16)11-9-5-8(12)3-4-10(9)17-13-11;8-7-5-3-4(10(11)12)1-2-6(5)13-9-7;1-3(5)7-4(2)6/h3-5H,1-2H3;3-5H,12H2,1-2H3;1-3H,(H2,8,9);1-2H3. The van der Waals surface area contributed by atoms with E-state index in [2.05, 4.69) is 17.9 Å². The summed E-state index contributed by atoms with van der Waals surface area (Å²) in [6.45, 7) is 7.51. The number of carbonyl (C=O) groups is 6. The zero-order valence-corrected chi connectivity index (χ0v) is 32.6. The van der Waals surface area contributed by atoms with Crippen LogP contribution in [0.5, 0.6) is 0 Å². The van der Waals surface area contributed by atoms with E-state index in [0.29, 0.717) is 32.8 Å². The second kappa shape index (κ2) is 19.0. The number of carbonyl (C=O) groups excluding carboxylic acids is 6. The second-order valence-electron chi connectivity index (χ2n) is 11.0. The summed E-state index contributed by atoms with van der Waals surface area (Å²) in [5, 5.41) is 23.0. The first-order valence-electron chi connectivity index (χ1n) is 15.5. The molecule has 23 heteroatoms. The third kappa shape index (κ3) is 11.1. The van der Waals surface area contributed by atoms with Crippen LogP contribution in [0, 0.1) is 20.2 Å². The predicted molar refractivity (Wildman–Crippen MR) is 211 cm³/mol. The molecule has 0 saturated heterocycles. The summed E-state index contributed by atoms with van der Waals surface area (Å²) in [6, 6.07) is 14.1. The number of aromatic nitrogens is 3. The highest BCUT2D eigenvalue weighted by molar-refractivity contribution is 7.14. The molecule has 20 nitrogen and oxygen atoms in total. The van der Waals surface area contributed by atoms with E-state index in [-0.39, 0.29) is 29.0 Å². The molecule has 3 aromatic carbocycles. The number of ether oxygens (including phenoxy) is 1. The van der Waals surface area contributed by atoms with Crippen LogP contribution in [0.2, 0.25) is 0 Å². The molecule has 292 valence electrons. The molecule has 0 bridgehead atoms. The molecule has 0 atom stereocenters. The molecule has 6 aromatic rings. The van der Waals surface area contributed by atoms with Crippen LogP contribution in [-0.2, 0) is 33.5 Å². The number of esters is 2.